The number of aromatic nitrogens is 2. The minimum absolute atomic E-state index is 0.0629. The van der Waals surface area contributed by atoms with Gasteiger partial charge in [0.05, 0.1) is 23.6 Å². The van der Waals surface area contributed by atoms with Crippen LogP contribution in [0.3, 0.4) is 0 Å². The van der Waals surface area contributed by atoms with Crippen molar-refractivity contribution >= 4 is 17.5 Å². The van der Waals surface area contributed by atoms with Gasteiger partial charge in [0.1, 0.15) is 0 Å². The van der Waals surface area contributed by atoms with E-state index in [0.717, 1.165) is 5.69 Å². The Labute approximate surface area is 122 Å². The van der Waals surface area contributed by atoms with Crippen molar-refractivity contribution < 1.29 is 9.90 Å². The molecule has 0 spiro atoms. The first-order valence-corrected chi connectivity index (χ1v) is 6.59. The molecule has 0 aliphatic rings. The minimum atomic E-state index is -0.156. The van der Waals surface area contributed by atoms with Gasteiger partial charge in [-0.25, -0.2) is 4.68 Å². The number of rotatable bonds is 4. The zero-order chi connectivity index (χ0) is 14.7. The highest BCUT2D eigenvalue weighted by molar-refractivity contribution is 6.30. The maximum Gasteiger partial charge on any atom is 0.257 e. The lowest BCUT2D eigenvalue weighted by Crippen LogP contribution is -2.29. The van der Waals surface area contributed by atoms with Gasteiger partial charge in [0, 0.05) is 24.8 Å². The van der Waals surface area contributed by atoms with E-state index in [1.165, 1.54) is 4.90 Å². The zero-order valence-electron chi connectivity index (χ0n) is 11.4. The van der Waals surface area contributed by atoms with Crippen LogP contribution >= 0.6 is 11.6 Å². The van der Waals surface area contributed by atoms with Crippen LogP contribution in [0.4, 0.5) is 0 Å². The van der Waals surface area contributed by atoms with Gasteiger partial charge in [0.25, 0.3) is 5.91 Å². The third kappa shape index (κ3) is 3.00. The van der Waals surface area contributed by atoms with Crippen LogP contribution in [0.1, 0.15) is 16.1 Å². The largest absolute Gasteiger partial charge is 0.395 e. The molecule has 1 heterocycles. The van der Waals surface area contributed by atoms with Crippen LogP contribution in [-0.4, -0.2) is 45.9 Å². The van der Waals surface area contributed by atoms with Crippen LogP contribution in [0.5, 0.6) is 0 Å². The van der Waals surface area contributed by atoms with Gasteiger partial charge in [-0.05, 0) is 31.2 Å². The Bertz CT molecular complexity index is 607. The zero-order valence-corrected chi connectivity index (χ0v) is 12.1. The van der Waals surface area contributed by atoms with E-state index in [0.29, 0.717) is 22.8 Å². The highest BCUT2D eigenvalue weighted by Gasteiger charge is 2.17. The molecule has 0 fully saturated rings. The highest BCUT2D eigenvalue weighted by Crippen LogP contribution is 2.16. The molecule has 1 aromatic heterocycles. The van der Waals surface area contributed by atoms with Gasteiger partial charge in [-0.3, -0.25) is 4.79 Å². The maximum absolute atomic E-state index is 12.2. The SMILES string of the molecule is Cc1nn(-c2ccc(Cl)cc2)cc1C(=O)N(C)CCO. The van der Waals surface area contributed by atoms with Crippen molar-refractivity contribution in [3.05, 3.63) is 46.7 Å². The Balaban J connectivity index is 2.30. The molecule has 0 radical (unpaired) electrons. The van der Waals surface area contributed by atoms with Crippen LogP contribution in [0.25, 0.3) is 5.69 Å². The van der Waals surface area contributed by atoms with Gasteiger partial charge in [-0.2, -0.15) is 5.10 Å². The average Bonchev–Trinajstić information content (AvgIpc) is 2.81. The second-order valence-electron chi connectivity index (χ2n) is 4.50. The molecule has 106 valence electrons. The lowest BCUT2D eigenvalue weighted by Gasteiger charge is -2.14. The van der Waals surface area contributed by atoms with E-state index in [4.69, 9.17) is 16.7 Å². The maximum atomic E-state index is 12.2. The van der Waals surface area contributed by atoms with E-state index in [1.807, 2.05) is 12.1 Å². The van der Waals surface area contributed by atoms with Gasteiger partial charge in [0.15, 0.2) is 0 Å². The fourth-order valence-electron chi connectivity index (χ4n) is 1.85. The number of halogens is 1. The second-order valence-corrected chi connectivity index (χ2v) is 4.94. The van der Waals surface area contributed by atoms with E-state index in [1.54, 1.807) is 37.0 Å². The normalized spacial score (nSPS) is 10.6. The van der Waals surface area contributed by atoms with E-state index >= 15 is 0 Å². The summed E-state index contributed by atoms with van der Waals surface area (Å²) in [5, 5.41) is 13.9. The Morgan fingerprint density at radius 3 is 2.65 bits per heavy atom. The fourth-order valence-corrected chi connectivity index (χ4v) is 1.98. The standard InChI is InChI=1S/C14H16ClN3O2/c1-10-13(14(20)17(2)7-8-19)9-18(16-10)12-5-3-11(15)4-6-12/h3-6,9,19H,7-8H2,1-2H3. The average molecular weight is 294 g/mol. The Kier molecular flexibility index (Phi) is 4.42. The highest BCUT2D eigenvalue weighted by atomic mass is 35.5. The summed E-state index contributed by atoms with van der Waals surface area (Å²) in [5.74, 6) is -0.156. The number of carbonyl (C=O) groups is 1. The number of aliphatic hydroxyl groups excluding tert-OH is 1. The monoisotopic (exact) mass is 293 g/mol. The predicted molar refractivity (Wildman–Crippen MR) is 77.4 cm³/mol. The van der Waals surface area contributed by atoms with Crippen LogP contribution in [0.15, 0.2) is 30.5 Å². The van der Waals surface area contributed by atoms with E-state index < -0.39 is 0 Å². The topological polar surface area (TPSA) is 58.4 Å². The van der Waals surface area contributed by atoms with Crippen molar-refractivity contribution in [1.82, 2.24) is 14.7 Å². The first kappa shape index (κ1) is 14.6. The van der Waals surface area contributed by atoms with Crippen LogP contribution in [-0.2, 0) is 0 Å². The quantitative estimate of drug-likeness (QED) is 0.936. The van der Waals surface area contributed by atoms with Crippen LogP contribution < -0.4 is 0 Å². The Morgan fingerprint density at radius 1 is 1.40 bits per heavy atom. The summed E-state index contributed by atoms with van der Waals surface area (Å²) < 4.78 is 1.64. The summed E-state index contributed by atoms with van der Waals surface area (Å²) in [4.78, 5) is 13.7. The molecule has 2 aromatic rings. The third-order valence-corrected chi connectivity index (χ3v) is 3.25. The van der Waals surface area contributed by atoms with Crippen molar-refractivity contribution in [3.8, 4) is 5.69 Å². The van der Waals surface area contributed by atoms with E-state index in [9.17, 15) is 4.79 Å². The number of nitrogens with zero attached hydrogens (tertiary/aromatic N) is 3. The molecule has 20 heavy (non-hydrogen) atoms. The van der Waals surface area contributed by atoms with Gasteiger partial charge in [0.2, 0.25) is 0 Å². The van der Waals surface area contributed by atoms with Gasteiger partial charge in [-0.1, -0.05) is 11.6 Å². The molecule has 0 aliphatic carbocycles. The van der Waals surface area contributed by atoms with Crippen LogP contribution in [0, 0.1) is 6.92 Å². The minimum Gasteiger partial charge on any atom is -0.395 e. The summed E-state index contributed by atoms with van der Waals surface area (Å²) in [6, 6.07) is 7.21. The first-order valence-electron chi connectivity index (χ1n) is 6.21. The summed E-state index contributed by atoms with van der Waals surface area (Å²) >= 11 is 5.85. The summed E-state index contributed by atoms with van der Waals surface area (Å²) in [6.45, 7) is 2.02. The van der Waals surface area contributed by atoms with Gasteiger partial charge >= 0.3 is 0 Å². The number of hydrogen-bond acceptors (Lipinski definition) is 3. The number of amides is 1. The molecule has 0 unspecified atom stereocenters. The molecule has 6 heteroatoms. The van der Waals surface area contributed by atoms with Crippen molar-refractivity contribution in [2.45, 2.75) is 6.92 Å². The number of benzene rings is 1. The molecular weight excluding hydrogens is 278 g/mol. The molecule has 5 nitrogen and oxygen atoms in total. The second kappa shape index (κ2) is 6.07. The van der Waals surface area contributed by atoms with Crippen molar-refractivity contribution in [2.75, 3.05) is 20.2 Å². The Morgan fingerprint density at radius 2 is 2.05 bits per heavy atom. The van der Waals surface area contributed by atoms with E-state index in [2.05, 4.69) is 5.10 Å². The summed E-state index contributed by atoms with van der Waals surface area (Å²) in [5.41, 5.74) is 2.01. The number of likely N-dealkylation sites (N-methyl/N-ethyl adjacent to an activating group) is 1. The predicted octanol–water partition coefficient (Wildman–Crippen LogP) is 1.90. The molecular formula is C14H16ClN3O2. The van der Waals surface area contributed by atoms with Crippen LogP contribution in [0.2, 0.25) is 5.02 Å². The number of carbonyl (C=O) groups excluding carboxylic acids is 1. The molecule has 0 bridgehead atoms. The molecule has 0 atom stereocenters. The molecule has 1 aromatic carbocycles. The third-order valence-electron chi connectivity index (χ3n) is 3.00. The van der Waals surface area contributed by atoms with E-state index in [-0.39, 0.29) is 12.5 Å². The molecule has 2 rings (SSSR count). The smallest absolute Gasteiger partial charge is 0.257 e. The first-order chi connectivity index (χ1) is 9.52. The lowest BCUT2D eigenvalue weighted by molar-refractivity contribution is 0.0766. The molecule has 0 aliphatic heterocycles. The molecule has 1 amide bonds. The number of aliphatic hydroxyl groups is 1. The lowest BCUT2D eigenvalue weighted by atomic mass is 10.2. The molecule has 1 N–H and O–H groups in total. The van der Waals surface area contributed by atoms with Crippen molar-refractivity contribution in [1.29, 1.82) is 0 Å². The summed E-state index contributed by atoms with van der Waals surface area (Å²) in [6.07, 6.45) is 1.69. The number of aryl methyl sites for hydroxylation is 1. The van der Waals surface area contributed by atoms with Crippen molar-refractivity contribution in [2.24, 2.45) is 0 Å². The fraction of sp³-hybridized carbons (Fsp3) is 0.286. The van der Waals surface area contributed by atoms with Crippen molar-refractivity contribution in [3.63, 3.8) is 0 Å². The summed E-state index contributed by atoms with van der Waals surface area (Å²) in [7, 11) is 1.65. The Hall–Kier alpha value is -1.85. The van der Waals surface area contributed by atoms with Gasteiger partial charge < -0.3 is 10.0 Å². The number of hydrogen-bond donors (Lipinski definition) is 1. The molecule has 0 saturated carbocycles. The molecule has 0 saturated heterocycles. The van der Waals surface area contributed by atoms with Gasteiger partial charge in [-0.15, -0.1) is 0 Å².